The van der Waals surface area contributed by atoms with Crippen molar-refractivity contribution in [2.45, 2.75) is 32.1 Å². The highest BCUT2D eigenvalue weighted by molar-refractivity contribution is 5.91. The number of hydrogen-bond donors (Lipinski definition) is 2. The van der Waals surface area contributed by atoms with Crippen LogP contribution in [0.2, 0.25) is 0 Å². The van der Waals surface area contributed by atoms with Gasteiger partial charge in [-0.3, -0.25) is 9.78 Å². The van der Waals surface area contributed by atoms with Crippen molar-refractivity contribution in [1.82, 2.24) is 10.3 Å². The van der Waals surface area contributed by atoms with Crippen LogP contribution in [0.25, 0.3) is 10.9 Å². The van der Waals surface area contributed by atoms with Crippen LogP contribution >= 0.6 is 0 Å². The highest BCUT2D eigenvalue weighted by atomic mass is 16.5. The number of benzene rings is 2. The van der Waals surface area contributed by atoms with E-state index in [-0.39, 0.29) is 5.91 Å². The number of nitrogens with one attached hydrogen (secondary N) is 2. The van der Waals surface area contributed by atoms with Gasteiger partial charge in [0, 0.05) is 43.1 Å². The number of carbonyl (C=O) groups excluding carboxylic acids is 1. The van der Waals surface area contributed by atoms with Crippen molar-refractivity contribution < 1.29 is 9.53 Å². The third-order valence-electron chi connectivity index (χ3n) is 5.92. The molecule has 2 heterocycles. The summed E-state index contributed by atoms with van der Waals surface area (Å²) >= 11 is 0. The number of hydrogen-bond acceptors (Lipinski definition) is 4. The fraction of sp³-hybridized carbons (Fsp3) is 0.360. The van der Waals surface area contributed by atoms with Gasteiger partial charge in [0.05, 0.1) is 10.9 Å². The second kappa shape index (κ2) is 8.84. The second-order valence-electron chi connectivity index (χ2n) is 8.07. The molecule has 4 rings (SSSR count). The summed E-state index contributed by atoms with van der Waals surface area (Å²) < 4.78 is 5.56. The number of amides is 1. The molecule has 0 radical (unpaired) electrons. The minimum absolute atomic E-state index is 0.0916. The van der Waals surface area contributed by atoms with Crippen LogP contribution in [0.1, 0.15) is 29.7 Å². The van der Waals surface area contributed by atoms with E-state index < -0.39 is 5.41 Å². The lowest BCUT2D eigenvalue weighted by Gasteiger charge is -2.36. The molecule has 0 unspecified atom stereocenters. The smallest absolute Gasteiger partial charge is 0.230 e. The molecule has 1 fully saturated rings. The zero-order valence-corrected chi connectivity index (χ0v) is 17.7. The van der Waals surface area contributed by atoms with Crippen molar-refractivity contribution in [1.29, 1.82) is 0 Å². The van der Waals surface area contributed by atoms with E-state index in [0.29, 0.717) is 39.1 Å². The third kappa shape index (κ3) is 4.17. The van der Waals surface area contributed by atoms with Crippen molar-refractivity contribution in [2.75, 3.05) is 31.6 Å². The predicted octanol–water partition coefficient (Wildman–Crippen LogP) is 4.13. The zero-order valence-electron chi connectivity index (χ0n) is 17.7. The summed E-state index contributed by atoms with van der Waals surface area (Å²) in [5.41, 5.74) is 4.75. The molecule has 5 nitrogen and oxygen atoms in total. The Morgan fingerprint density at radius 3 is 2.63 bits per heavy atom. The Morgan fingerprint density at radius 1 is 1.03 bits per heavy atom. The predicted molar refractivity (Wildman–Crippen MR) is 121 cm³/mol. The summed E-state index contributed by atoms with van der Waals surface area (Å²) in [6.45, 7) is 6.50. The molecule has 1 aliphatic rings. The molecule has 1 saturated heterocycles. The van der Waals surface area contributed by atoms with Gasteiger partial charge in [0.25, 0.3) is 0 Å². The van der Waals surface area contributed by atoms with E-state index in [2.05, 4.69) is 52.9 Å². The molecule has 1 amide bonds. The second-order valence-corrected chi connectivity index (χ2v) is 8.07. The third-order valence-corrected chi connectivity index (χ3v) is 5.92. The summed E-state index contributed by atoms with van der Waals surface area (Å²) in [6.07, 6.45) is 1.42. The molecule has 1 aromatic heterocycles. The van der Waals surface area contributed by atoms with Crippen LogP contribution in [-0.4, -0.2) is 37.2 Å². The van der Waals surface area contributed by atoms with E-state index in [4.69, 9.17) is 4.74 Å². The number of aryl methyl sites for hydroxylation is 2. The largest absolute Gasteiger partial charge is 0.383 e. The van der Waals surface area contributed by atoms with E-state index in [1.165, 1.54) is 5.56 Å². The van der Waals surface area contributed by atoms with Crippen LogP contribution in [0.15, 0.2) is 54.6 Å². The van der Waals surface area contributed by atoms with Crippen molar-refractivity contribution in [2.24, 2.45) is 0 Å². The Bertz CT molecular complexity index is 1040. The van der Waals surface area contributed by atoms with Gasteiger partial charge in [-0.15, -0.1) is 0 Å². The van der Waals surface area contributed by atoms with Crippen LogP contribution in [0.5, 0.6) is 0 Å². The molecule has 0 saturated carbocycles. The summed E-state index contributed by atoms with van der Waals surface area (Å²) in [4.78, 5) is 17.9. The van der Waals surface area contributed by atoms with Gasteiger partial charge in [0.1, 0.15) is 0 Å². The van der Waals surface area contributed by atoms with Gasteiger partial charge in [0.2, 0.25) is 5.91 Å². The Balaban J connectivity index is 1.44. The molecular formula is C25H29N3O2. The topological polar surface area (TPSA) is 63.2 Å². The van der Waals surface area contributed by atoms with Crippen LogP contribution in [0.4, 0.5) is 5.69 Å². The molecule has 0 spiro atoms. The zero-order chi connectivity index (χ0) is 21.0. The summed E-state index contributed by atoms with van der Waals surface area (Å²) in [5, 5.41) is 7.73. The molecule has 0 aliphatic carbocycles. The summed E-state index contributed by atoms with van der Waals surface area (Å²) in [7, 11) is 0. The Hall–Kier alpha value is -2.92. The molecule has 0 bridgehead atoms. The van der Waals surface area contributed by atoms with Gasteiger partial charge < -0.3 is 15.4 Å². The lowest BCUT2D eigenvalue weighted by molar-refractivity contribution is -0.130. The maximum absolute atomic E-state index is 13.3. The number of para-hydroxylation sites is 1. The number of anilines is 1. The van der Waals surface area contributed by atoms with Crippen molar-refractivity contribution in [3.8, 4) is 0 Å². The lowest BCUT2D eigenvalue weighted by atomic mass is 9.73. The SMILES string of the molecule is Cc1cccc(C2(C(=O)NCCNc3cc(C)nc4ccccc34)CCOCC2)c1. The number of aromatic nitrogens is 1. The van der Waals surface area contributed by atoms with Crippen molar-refractivity contribution in [3.63, 3.8) is 0 Å². The Morgan fingerprint density at radius 2 is 1.83 bits per heavy atom. The highest BCUT2D eigenvalue weighted by Crippen LogP contribution is 2.35. The van der Waals surface area contributed by atoms with E-state index in [0.717, 1.165) is 27.8 Å². The molecule has 2 N–H and O–H groups in total. The number of rotatable bonds is 6. The monoisotopic (exact) mass is 403 g/mol. The lowest BCUT2D eigenvalue weighted by Crippen LogP contribution is -2.49. The van der Waals surface area contributed by atoms with Crippen LogP contribution in [0.3, 0.4) is 0 Å². The van der Waals surface area contributed by atoms with Crippen LogP contribution in [-0.2, 0) is 14.9 Å². The standard InChI is InChI=1S/C25H29N3O2/c1-18-6-5-7-20(16-18)25(10-14-30-15-11-25)24(29)27-13-12-26-23-17-19(2)28-22-9-4-3-8-21(22)23/h3-9,16-17H,10-15H2,1-2H3,(H,26,28)(H,27,29). The number of carbonyl (C=O) groups is 1. The number of ether oxygens (including phenoxy) is 1. The molecular weight excluding hydrogens is 374 g/mol. The minimum Gasteiger partial charge on any atom is -0.383 e. The average Bonchev–Trinajstić information content (AvgIpc) is 2.76. The Kier molecular flexibility index (Phi) is 6.00. The number of fused-ring (bicyclic) bond motifs is 1. The molecule has 156 valence electrons. The van der Waals surface area contributed by atoms with Crippen molar-refractivity contribution >= 4 is 22.5 Å². The van der Waals surface area contributed by atoms with Gasteiger partial charge >= 0.3 is 0 Å². The molecule has 5 heteroatoms. The van der Waals surface area contributed by atoms with E-state index >= 15 is 0 Å². The molecule has 0 atom stereocenters. The van der Waals surface area contributed by atoms with Crippen LogP contribution in [0, 0.1) is 13.8 Å². The van der Waals surface area contributed by atoms with E-state index in [9.17, 15) is 4.79 Å². The van der Waals surface area contributed by atoms with Gasteiger partial charge in [-0.25, -0.2) is 0 Å². The first-order chi connectivity index (χ1) is 14.6. The number of nitrogens with zero attached hydrogens (tertiary/aromatic N) is 1. The average molecular weight is 404 g/mol. The fourth-order valence-electron chi connectivity index (χ4n) is 4.31. The maximum Gasteiger partial charge on any atom is 0.230 e. The quantitative estimate of drug-likeness (QED) is 0.608. The minimum atomic E-state index is -0.510. The highest BCUT2D eigenvalue weighted by Gasteiger charge is 2.41. The summed E-state index contributed by atoms with van der Waals surface area (Å²) in [5.74, 6) is 0.0916. The molecule has 30 heavy (non-hydrogen) atoms. The van der Waals surface area contributed by atoms with Gasteiger partial charge in [0.15, 0.2) is 0 Å². The maximum atomic E-state index is 13.3. The number of pyridine rings is 1. The first-order valence-corrected chi connectivity index (χ1v) is 10.6. The first kappa shape index (κ1) is 20.4. The normalized spacial score (nSPS) is 15.7. The fourth-order valence-corrected chi connectivity index (χ4v) is 4.31. The van der Waals surface area contributed by atoms with Gasteiger partial charge in [-0.2, -0.15) is 0 Å². The molecule has 1 aliphatic heterocycles. The van der Waals surface area contributed by atoms with E-state index in [1.807, 2.05) is 31.2 Å². The molecule has 2 aromatic carbocycles. The first-order valence-electron chi connectivity index (χ1n) is 10.6. The Labute approximate surface area is 177 Å². The van der Waals surface area contributed by atoms with Gasteiger partial charge in [-0.1, -0.05) is 48.0 Å². The summed E-state index contributed by atoms with van der Waals surface area (Å²) in [6, 6.07) is 18.5. The van der Waals surface area contributed by atoms with Crippen molar-refractivity contribution in [3.05, 3.63) is 71.4 Å². The molecule has 3 aromatic rings. The van der Waals surface area contributed by atoms with Crippen LogP contribution < -0.4 is 10.6 Å². The van der Waals surface area contributed by atoms with E-state index in [1.54, 1.807) is 0 Å². The van der Waals surface area contributed by atoms with Gasteiger partial charge in [-0.05, 0) is 44.4 Å².